The first kappa shape index (κ1) is 15.1. The summed E-state index contributed by atoms with van der Waals surface area (Å²) in [5.74, 6) is 0. The summed E-state index contributed by atoms with van der Waals surface area (Å²) < 4.78 is 6.40. The Balaban J connectivity index is 1.66. The van der Waals surface area contributed by atoms with E-state index in [0.717, 1.165) is 5.69 Å². The minimum absolute atomic E-state index is 0.271. The summed E-state index contributed by atoms with van der Waals surface area (Å²) in [5.41, 5.74) is 1.96. The van der Waals surface area contributed by atoms with Crippen LogP contribution < -0.4 is 10.6 Å². The van der Waals surface area contributed by atoms with Crippen LogP contribution in [-0.2, 0) is 0 Å². The molecule has 0 fully saturated rings. The van der Waals surface area contributed by atoms with Gasteiger partial charge < -0.3 is 15.2 Å². The van der Waals surface area contributed by atoms with E-state index in [4.69, 9.17) is 16.1 Å². The van der Waals surface area contributed by atoms with Crippen LogP contribution in [0.5, 0.6) is 0 Å². The molecule has 1 aromatic carbocycles. The summed E-state index contributed by atoms with van der Waals surface area (Å²) >= 11 is 6.24. The van der Waals surface area contributed by atoms with Crippen molar-refractivity contribution in [2.24, 2.45) is 0 Å². The molecule has 0 aliphatic heterocycles. The fourth-order valence-corrected chi connectivity index (χ4v) is 2.33. The Morgan fingerprint density at radius 1 is 1.39 bits per heavy atom. The van der Waals surface area contributed by atoms with Crippen molar-refractivity contribution in [1.82, 2.24) is 20.3 Å². The number of nitrogens with one attached hydrogen (secondary N) is 2. The third-order valence-corrected chi connectivity index (χ3v) is 3.51. The minimum Gasteiger partial charge on any atom is -0.364 e. The lowest BCUT2D eigenvalue weighted by molar-refractivity contribution is 0.249. The Labute approximate surface area is 137 Å². The third kappa shape index (κ3) is 3.51. The molecule has 2 aromatic heterocycles. The van der Waals surface area contributed by atoms with Crippen LogP contribution >= 0.6 is 11.6 Å². The molecule has 8 heteroatoms. The number of hydrogen-bond acceptors (Lipinski definition) is 4. The SMILES string of the molecule is C[C@@H](NC(=O)Nc1ccc(-n2cccn2)c(Cl)c1)c1ccon1. The molecule has 0 radical (unpaired) electrons. The smallest absolute Gasteiger partial charge is 0.319 e. The van der Waals surface area contributed by atoms with Crippen molar-refractivity contribution >= 4 is 23.3 Å². The number of carbonyl (C=O) groups is 1. The third-order valence-electron chi connectivity index (χ3n) is 3.21. The lowest BCUT2D eigenvalue weighted by atomic mass is 10.2. The van der Waals surface area contributed by atoms with Gasteiger partial charge in [0.1, 0.15) is 12.0 Å². The first-order chi connectivity index (χ1) is 11.1. The molecular weight excluding hydrogens is 318 g/mol. The largest absolute Gasteiger partial charge is 0.364 e. The molecule has 7 nitrogen and oxygen atoms in total. The molecule has 2 heterocycles. The van der Waals surface area contributed by atoms with E-state index in [9.17, 15) is 4.79 Å². The molecule has 3 aromatic rings. The van der Waals surface area contributed by atoms with Gasteiger partial charge in [0.15, 0.2) is 0 Å². The Morgan fingerprint density at radius 2 is 2.26 bits per heavy atom. The molecule has 0 unspecified atom stereocenters. The number of carbonyl (C=O) groups excluding carboxylic acids is 1. The van der Waals surface area contributed by atoms with Gasteiger partial charge in [-0.05, 0) is 31.2 Å². The van der Waals surface area contributed by atoms with Gasteiger partial charge in [-0.1, -0.05) is 16.8 Å². The number of rotatable bonds is 4. The number of benzene rings is 1. The van der Waals surface area contributed by atoms with Crippen LogP contribution in [0.2, 0.25) is 5.02 Å². The Kier molecular flexibility index (Phi) is 4.29. The molecule has 0 spiro atoms. The van der Waals surface area contributed by atoms with E-state index in [0.29, 0.717) is 16.4 Å². The molecule has 0 saturated carbocycles. The number of nitrogens with zero attached hydrogens (tertiary/aromatic N) is 3. The van der Waals surface area contributed by atoms with Crippen molar-refractivity contribution in [3.63, 3.8) is 0 Å². The molecule has 0 bridgehead atoms. The van der Waals surface area contributed by atoms with Crippen molar-refractivity contribution < 1.29 is 9.32 Å². The average Bonchev–Trinajstić information content (AvgIpc) is 3.21. The lowest BCUT2D eigenvalue weighted by Gasteiger charge is -2.13. The van der Waals surface area contributed by atoms with Gasteiger partial charge in [-0.3, -0.25) is 0 Å². The Morgan fingerprint density at radius 3 is 2.91 bits per heavy atom. The molecule has 118 valence electrons. The standard InChI is InChI=1S/C15H14ClN5O2/c1-10(13-5-8-23-20-13)18-15(22)19-11-3-4-14(12(16)9-11)21-7-2-6-17-21/h2-10H,1H3,(H2,18,19,22)/t10-/m1/s1. The van der Waals surface area contributed by atoms with Crippen LogP contribution in [0.25, 0.3) is 5.69 Å². The van der Waals surface area contributed by atoms with Gasteiger partial charge in [0.25, 0.3) is 0 Å². The summed E-state index contributed by atoms with van der Waals surface area (Å²) in [5, 5.41) is 13.9. The van der Waals surface area contributed by atoms with E-state index in [-0.39, 0.29) is 12.1 Å². The fraction of sp³-hybridized carbons (Fsp3) is 0.133. The first-order valence-corrected chi connectivity index (χ1v) is 7.28. The molecule has 2 N–H and O–H groups in total. The van der Waals surface area contributed by atoms with Crippen LogP contribution in [0.15, 0.2) is 53.5 Å². The number of anilines is 1. The highest BCUT2D eigenvalue weighted by atomic mass is 35.5. The minimum atomic E-state index is -0.358. The van der Waals surface area contributed by atoms with Crippen LogP contribution in [0.1, 0.15) is 18.7 Å². The van der Waals surface area contributed by atoms with Crippen molar-refractivity contribution in [1.29, 1.82) is 0 Å². The van der Waals surface area contributed by atoms with Gasteiger partial charge in [0, 0.05) is 24.1 Å². The summed E-state index contributed by atoms with van der Waals surface area (Å²) in [6.45, 7) is 1.81. The Hall–Kier alpha value is -2.80. The van der Waals surface area contributed by atoms with Crippen molar-refractivity contribution in [2.75, 3.05) is 5.32 Å². The molecule has 2 amide bonds. The van der Waals surface area contributed by atoms with E-state index in [2.05, 4.69) is 20.9 Å². The Bertz CT molecular complexity index is 786. The van der Waals surface area contributed by atoms with E-state index >= 15 is 0 Å². The maximum Gasteiger partial charge on any atom is 0.319 e. The zero-order valence-electron chi connectivity index (χ0n) is 12.2. The highest BCUT2D eigenvalue weighted by Gasteiger charge is 2.12. The van der Waals surface area contributed by atoms with Gasteiger partial charge in [-0.25, -0.2) is 9.48 Å². The zero-order chi connectivity index (χ0) is 16.2. The van der Waals surface area contributed by atoms with Crippen molar-refractivity contribution in [2.45, 2.75) is 13.0 Å². The van der Waals surface area contributed by atoms with Gasteiger partial charge in [-0.2, -0.15) is 5.10 Å². The average molecular weight is 332 g/mol. The van der Waals surface area contributed by atoms with E-state index < -0.39 is 0 Å². The molecule has 1 atom stereocenters. The molecule has 0 aliphatic rings. The highest BCUT2D eigenvalue weighted by molar-refractivity contribution is 6.32. The predicted octanol–water partition coefficient (Wildman–Crippen LogP) is 3.40. The molecule has 3 rings (SSSR count). The molecule has 0 saturated heterocycles. The first-order valence-electron chi connectivity index (χ1n) is 6.91. The normalized spacial score (nSPS) is 11.9. The van der Waals surface area contributed by atoms with Crippen LogP contribution in [0.4, 0.5) is 10.5 Å². The second-order valence-electron chi connectivity index (χ2n) is 4.86. The maximum absolute atomic E-state index is 12.0. The van der Waals surface area contributed by atoms with E-state index in [1.807, 2.05) is 6.92 Å². The van der Waals surface area contributed by atoms with Crippen molar-refractivity contribution in [3.8, 4) is 5.69 Å². The van der Waals surface area contributed by atoms with Crippen LogP contribution in [0.3, 0.4) is 0 Å². The quantitative estimate of drug-likeness (QED) is 0.767. The van der Waals surface area contributed by atoms with Crippen LogP contribution in [-0.4, -0.2) is 21.0 Å². The number of amides is 2. The predicted molar refractivity (Wildman–Crippen MR) is 85.6 cm³/mol. The number of urea groups is 1. The molecule has 23 heavy (non-hydrogen) atoms. The number of aromatic nitrogens is 3. The second-order valence-corrected chi connectivity index (χ2v) is 5.27. The summed E-state index contributed by atoms with van der Waals surface area (Å²) in [6, 6.07) is 8.08. The second kappa shape index (κ2) is 6.53. The molecular formula is C15H14ClN5O2. The topological polar surface area (TPSA) is 85.0 Å². The zero-order valence-corrected chi connectivity index (χ0v) is 13.0. The molecule has 0 aliphatic carbocycles. The van der Waals surface area contributed by atoms with E-state index in [1.54, 1.807) is 47.4 Å². The highest BCUT2D eigenvalue weighted by Crippen LogP contribution is 2.24. The van der Waals surface area contributed by atoms with Gasteiger partial charge in [0.2, 0.25) is 0 Å². The van der Waals surface area contributed by atoms with Gasteiger partial charge >= 0.3 is 6.03 Å². The monoisotopic (exact) mass is 331 g/mol. The van der Waals surface area contributed by atoms with Gasteiger partial charge in [0.05, 0.1) is 16.8 Å². The van der Waals surface area contributed by atoms with Crippen molar-refractivity contribution in [3.05, 3.63) is 59.7 Å². The summed E-state index contributed by atoms with van der Waals surface area (Å²) in [6.07, 6.45) is 4.92. The summed E-state index contributed by atoms with van der Waals surface area (Å²) in [7, 11) is 0. The van der Waals surface area contributed by atoms with Crippen LogP contribution in [0, 0.1) is 0 Å². The fourth-order valence-electron chi connectivity index (χ4n) is 2.06. The number of hydrogen-bond donors (Lipinski definition) is 2. The van der Waals surface area contributed by atoms with Gasteiger partial charge in [-0.15, -0.1) is 0 Å². The maximum atomic E-state index is 12.0. The summed E-state index contributed by atoms with van der Waals surface area (Å²) in [4.78, 5) is 12.0. The number of halogens is 1. The van der Waals surface area contributed by atoms with E-state index in [1.165, 1.54) is 6.26 Å². The lowest BCUT2D eigenvalue weighted by Crippen LogP contribution is -2.31.